The highest BCUT2D eigenvalue weighted by atomic mass is 19.1. The van der Waals surface area contributed by atoms with Gasteiger partial charge in [-0.2, -0.15) is 0 Å². The van der Waals surface area contributed by atoms with E-state index in [1.165, 1.54) is 6.07 Å². The lowest BCUT2D eigenvalue weighted by Crippen LogP contribution is -2.40. The molecule has 1 amide bonds. The van der Waals surface area contributed by atoms with Crippen molar-refractivity contribution in [1.29, 1.82) is 0 Å². The highest BCUT2D eigenvalue weighted by Gasteiger charge is 2.35. The van der Waals surface area contributed by atoms with Gasteiger partial charge in [-0.1, -0.05) is 0 Å². The van der Waals surface area contributed by atoms with Crippen molar-refractivity contribution in [2.24, 2.45) is 5.92 Å². The number of aromatic nitrogens is 1. The quantitative estimate of drug-likeness (QED) is 0.694. The molecule has 1 saturated carbocycles. The fourth-order valence-electron chi connectivity index (χ4n) is 5.11. The van der Waals surface area contributed by atoms with Gasteiger partial charge in [-0.3, -0.25) is 9.59 Å². The number of rotatable bonds is 5. The number of aromatic amines is 1. The lowest BCUT2D eigenvalue weighted by atomic mass is 9.85. The average Bonchev–Trinajstić information content (AvgIpc) is 2.80. The van der Waals surface area contributed by atoms with Crippen LogP contribution in [0.2, 0.25) is 0 Å². The molecule has 0 bridgehead atoms. The Morgan fingerprint density at radius 1 is 1.18 bits per heavy atom. The molecule has 1 aliphatic heterocycles. The zero-order valence-electron chi connectivity index (χ0n) is 20.6. The van der Waals surface area contributed by atoms with Crippen molar-refractivity contribution in [1.82, 2.24) is 15.2 Å². The van der Waals surface area contributed by atoms with E-state index in [0.29, 0.717) is 28.5 Å². The number of aryl methyl sites for hydroxylation is 2. The molecule has 1 unspecified atom stereocenters. The summed E-state index contributed by atoms with van der Waals surface area (Å²) in [5.74, 6) is -0.331. The van der Waals surface area contributed by atoms with Gasteiger partial charge in [0.1, 0.15) is 11.6 Å². The molecule has 1 aromatic heterocycles. The molecule has 184 valence electrons. The van der Waals surface area contributed by atoms with E-state index in [-0.39, 0.29) is 30.2 Å². The molecule has 0 spiro atoms. The largest absolute Gasteiger partial charge is 0.464 e. The van der Waals surface area contributed by atoms with Gasteiger partial charge >= 0.3 is 0 Å². The van der Waals surface area contributed by atoms with Crippen LogP contribution in [0.5, 0.6) is 5.75 Å². The number of carbonyl (C=O) groups is 1. The minimum absolute atomic E-state index is 0.0557. The topological polar surface area (TPSA) is 83.7 Å². The predicted molar refractivity (Wildman–Crippen MR) is 127 cm³/mol. The van der Waals surface area contributed by atoms with Crippen molar-refractivity contribution < 1.29 is 18.7 Å². The first-order valence-electron chi connectivity index (χ1n) is 11.9. The van der Waals surface area contributed by atoms with Crippen molar-refractivity contribution in [2.75, 3.05) is 14.1 Å². The molecule has 2 N–H and O–H groups in total. The van der Waals surface area contributed by atoms with E-state index in [1.807, 2.05) is 13.0 Å². The highest BCUT2D eigenvalue weighted by Crippen LogP contribution is 2.39. The van der Waals surface area contributed by atoms with Crippen LogP contribution in [-0.2, 0) is 17.9 Å². The maximum Gasteiger partial charge on any atom is 0.253 e. The summed E-state index contributed by atoms with van der Waals surface area (Å²) in [6, 6.07) is 3.64. The van der Waals surface area contributed by atoms with Crippen LogP contribution in [0, 0.1) is 32.5 Å². The maximum absolute atomic E-state index is 14.9. The van der Waals surface area contributed by atoms with E-state index in [9.17, 15) is 14.0 Å². The number of halogens is 1. The molecule has 4 rings (SSSR count). The summed E-state index contributed by atoms with van der Waals surface area (Å²) in [5, 5.41) is 2.76. The van der Waals surface area contributed by atoms with E-state index < -0.39 is 18.0 Å². The molecule has 2 aromatic rings. The Hall–Kier alpha value is -2.71. The molecule has 2 aliphatic rings. The second-order valence-corrected chi connectivity index (χ2v) is 9.79. The van der Waals surface area contributed by atoms with Crippen molar-refractivity contribution in [3.8, 4) is 5.75 Å². The molecular weight excluding hydrogens is 437 g/mol. The monoisotopic (exact) mass is 471 g/mol. The Balaban J connectivity index is 1.50. The van der Waals surface area contributed by atoms with Crippen LogP contribution in [0.15, 0.2) is 16.9 Å². The lowest BCUT2D eigenvalue weighted by molar-refractivity contribution is -0.149. The zero-order valence-corrected chi connectivity index (χ0v) is 20.6. The van der Waals surface area contributed by atoms with Gasteiger partial charge in [0, 0.05) is 40.9 Å². The Labute approximate surface area is 199 Å². The maximum atomic E-state index is 14.9. The number of nitrogens with zero attached hydrogens (tertiary/aromatic N) is 1. The van der Waals surface area contributed by atoms with Crippen LogP contribution in [0.4, 0.5) is 4.39 Å². The summed E-state index contributed by atoms with van der Waals surface area (Å²) in [6.07, 6.45) is 3.66. The first-order valence-corrected chi connectivity index (χ1v) is 11.9. The third kappa shape index (κ3) is 4.88. The van der Waals surface area contributed by atoms with Crippen molar-refractivity contribution >= 4 is 5.91 Å². The van der Waals surface area contributed by atoms with Crippen molar-refractivity contribution in [3.05, 3.63) is 61.8 Å². The molecule has 1 atom stereocenters. The fourth-order valence-corrected chi connectivity index (χ4v) is 5.11. The summed E-state index contributed by atoms with van der Waals surface area (Å²) in [7, 11) is 4.20. The van der Waals surface area contributed by atoms with Crippen LogP contribution < -0.4 is 15.6 Å². The minimum Gasteiger partial charge on any atom is -0.464 e. The highest BCUT2D eigenvalue weighted by molar-refractivity contribution is 5.96. The summed E-state index contributed by atoms with van der Waals surface area (Å²) >= 11 is 0. The number of hydrogen-bond acceptors (Lipinski definition) is 5. The lowest BCUT2D eigenvalue weighted by Gasteiger charge is -2.38. The van der Waals surface area contributed by atoms with E-state index >= 15 is 0 Å². The zero-order chi connectivity index (χ0) is 24.6. The molecule has 1 fully saturated rings. The number of ether oxygens (including phenoxy) is 2. The second kappa shape index (κ2) is 9.88. The predicted octanol–water partition coefficient (Wildman–Crippen LogP) is 3.72. The van der Waals surface area contributed by atoms with Crippen molar-refractivity contribution in [2.45, 2.75) is 71.9 Å². The number of hydrogen-bond donors (Lipinski definition) is 2. The van der Waals surface area contributed by atoms with Gasteiger partial charge < -0.3 is 24.7 Å². The molecular formula is C26H34FN3O4. The van der Waals surface area contributed by atoms with Gasteiger partial charge in [0.15, 0.2) is 0 Å². The van der Waals surface area contributed by atoms with Gasteiger partial charge in [-0.05, 0) is 78.2 Å². The summed E-state index contributed by atoms with van der Waals surface area (Å²) in [4.78, 5) is 30.2. The van der Waals surface area contributed by atoms with Gasteiger partial charge in [0.2, 0.25) is 6.29 Å². The first-order chi connectivity index (χ1) is 16.2. The molecule has 7 nitrogen and oxygen atoms in total. The molecule has 8 heteroatoms. The Morgan fingerprint density at radius 2 is 1.88 bits per heavy atom. The Morgan fingerprint density at radius 3 is 2.53 bits per heavy atom. The molecule has 0 saturated heterocycles. The number of amides is 1. The number of carbonyl (C=O) groups excluding carboxylic acids is 1. The molecule has 0 radical (unpaired) electrons. The van der Waals surface area contributed by atoms with Gasteiger partial charge in [-0.25, -0.2) is 4.39 Å². The standard InChI is InChI=1S/C26H34FN3O4/c1-14-10-15(2)29-25(32)20(14)12-28-24(31)19-11-22(27)21-13-33-26(34-23(21)16(19)3)17-6-8-18(9-7-17)30(4)5/h10-11,17-18,26H,6-9,12-13H2,1-5H3,(H,28,31)(H,29,32). The van der Waals surface area contributed by atoms with Gasteiger partial charge in [-0.15, -0.1) is 0 Å². The fraction of sp³-hybridized carbons (Fsp3) is 0.538. The van der Waals surface area contributed by atoms with E-state index in [1.54, 1.807) is 13.8 Å². The van der Waals surface area contributed by atoms with Crippen LogP contribution in [-0.4, -0.2) is 42.2 Å². The van der Waals surface area contributed by atoms with E-state index in [0.717, 1.165) is 36.9 Å². The number of pyridine rings is 1. The normalized spacial score (nSPS) is 22.3. The molecule has 34 heavy (non-hydrogen) atoms. The third-order valence-electron chi connectivity index (χ3n) is 7.22. The van der Waals surface area contributed by atoms with E-state index in [4.69, 9.17) is 9.47 Å². The summed E-state index contributed by atoms with van der Waals surface area (Å²) in [6.45, 7) is 5.58. The number of benzene rings is 1. The van der Waals surface area contributed by atoms with Gasteiger partial charge in [0.05, 0.1) is 12.2 Å². The Kier molecular flexibility index (Phi) is 7.09. The number of fused-ring (bicyclic) bond motifs is 1. The summed E-state index contributed by atoms with van der Waals surface area (Å²) < 4.78 is 27.0. The SMILES string of the molecule is Cc1cc(C)c(CNC(=O)c2cc(F)c3c(c2C)OC(C2CCC(N(C)C)CC2)OC3)c(=O)[nH]1. The summed E-state index contributed by atoms with van der Waals surface area (Å²) in [5.41, 5.74) is 2.93. The smallest absolute Gasteiger partial charge is 0.253 e. The minimum atomic E-state index is -0.523. The van der Waals surface area contributed by atoms with Gasteiger partial charge in [0.25, 0.3) is 11.5 Å². The molecule has 1 aromatic carbocycles. The second-order valence-electron chi connectivity index (χ2n) is 9.79. The molecule has 1 aliphatic carbocycles. The van der Waals surface area contributed by atoms with Crippen molar-refractivity contribution in [3.63, 3.8) is 0 Å². The van der Waals surface area contributed by atoms with Crippen LogP contribution >= 0.6 is 0 Å². The first kappa shape index (κ1) is 24.4. The van der Waals surface area contributed by atoms with Crippen LogP contribution in [0.1, 0.15) is 64.0 Å². The Bertz CT molecular complexity index is 1140. The average molecular weight is 472 g/mol. The number of H-pyrrole nitrogens is 1. The van der Waals surface area contributed by atoms with Crippen LogP contribution in [0.3, 0.4) is 0 Å². The van der Waals surface area contributed by atoms with Crippen LogP contribution in [0.25, 0.3) is 0 Å². The van der Waals surface area contributed by atoms with E-state index in [2.05, 4.69) is 29.3 Å². The number of nitrogens with one attached hydrogen (secondary N) is 2. The third-order valence-corrected chi connectivity index (χ3v) is 7.22. The molecule has 2 heterocycles.